The highest BCUT2D eigenvalue weighted by molar-refractivity contribution is 7.12. The molecule has 0 radical (unpaired) electrons. The molecule has 0 bridgehead atoms. The van der Waals surface area contributed by atoms with E-state index >= 15 is 0 Å². The fraction of sp³-hybridized carbons (Fsp3) is 0.154. The molecule has 1 aromatic heterocycles. The maximum Gasteiger partial charge on any atom is 0.211 e. The van der Waals surface area contributed by atoms with E-state index in [1.54, 1.807) is 42.9 Å². The lowest BCUT2D eigenvalue weighted by molar-refractivity contribution is 0.0976. The molecule has 1 aromatic carbocycles. The van der Waals surface area contributed by atoms with Crippen molar-refractivity contribution in [2.45, 2.75) is 0 Å². The number of hydrogen-bond donors (Lipinski definition) is 0. The van der Waals surface area contributed by atoms with Gasteiger partial charge >= 0.3 is 0 Å². The predicted molar refractivity (Wildman–Crippen MR) is 68.1 cm³/mol. The standard InChI is InChI=1S/C13H10N2O2S/c1-14-13-15(2)9-10(16)7-5-3-4-6-8(7)11(17)12(9)18-13/h3-6H,1-2H3/b14-13-. The second-order valence-corrected chi connectivity index (χ2v) is 5.03. The average molecular weight is 258 g/mol. The molecule has 0 spiro atoms. The highest BCUT2D eigenvalue weighted by Crippen LogP contribution is 2.28. The maximum atomic E-state index is 12.4. The van der Waals surface area contributed by atoms with Crippen molar-refractivity contribution in [2.75, 3.05) is 7.05 Å². The number of thiazole rings is 1. The van der Waals surface area contributed by atoms with E-state index in [0.29, 0.717) is 26.5 Å². The van der Waals surface area contributed by atoms with Crippen molar-refractivity contribution in [1.29, 1.82) is 0 Å². The van der Waals surface area contributed by atoms with Crippen LogP contribution in [0.5, 0.6) is 0 Å². The first-order valence-corrected chi connectivity index (χ1v) is 6.28. The number of carbonyl (C=O) groups excluding carboxylic acids is 2. The minimum absolute atomic E-state index is 0.0873. The molecule has 4 nitrogen and oxygen atoms in total. The van der Waals surface area contributed by atoms with Crippen LogP contribution in [0, 0.1) is 0 Å². The van der Waals surface area contributed by atoms with Gasteiger partial charge in [0.15, 0.2) is 4.80 Å². The molecule has 1 heterocycles. The van der Waals surface area contributed by atoms with Crippen LogP contribution in [0.4, 0.5) is 0 Å². The fourth-order valence-electron chi connectivity index (χ4n) is 2.19. The molecule has 0 amide bonds. The third-order valence-electron chi connectivity index (χ3n) is 3.06. The lowest BCUT2D eigenvalue weighted by atomic mass is 9.91. The molecular weight excluding hydrogens is 248 g/mol. The molecule has 0 N–H and O–H groups in total. The van der Waals surface area contributed by atoms with Gasteiger partial charge in [-0.1, -0.05) is 35.6 Å². The van der Waals surface area contributed by atoms with Gasteiger partial charge < -0.3 is 4.57 Å². The van der Waals surface area contributed by atoms with Gasteiger partial charge in [0, 0.05) is 25.2 Å². The van der Waals surface area contributed by atoms with Gasteiger partial charge in [-0.15, -0.1) is 0 Å². The molecule has 3 rings (SSSR count). The third-order valence-corrected chi connectivity index (χ3v) is 4.28. The zero-order valence-corrected chi connectivity index (χ0v) is 10.7. The minimum atomic E-state index is -0.103. The summed E-state index contributed by atoms with van der Waals surface area (Å²) >= 11 is 1.26. The summed E-state index contributed by atoms with van der Waals surface area (Å²) in [5.74, 6) is -0.190. The van der Waals surface area contributed by atoms with Crippen LogP contribution in [0.25, 0.3) is 0 Å². The number of rotatable bonds is 0. The number of nitrogens with zero attached hydrogens (tertiary/aromatic N) is 2. The van der Waals surface area contributed by atoms with E-state index in [1.807, 2.05) is 0 Å². The van der Waals surface area contributed by atoms with Crippen LogP contribution >= 0.6 is 11.3 Å². The molecule has 1 aliphatic carbocycles. The van der Waals surface area contributed by atoms with Gasteiger partial charge in [0.05, 0.1) is 0 Å². The van der Waals surface area contributed by atoms with Crippen molar-refractivity contribution in [3.05, 3.63) is 50.8 Å². The molecule has 1 aliphatic rings. The van der Waals surface area contributed by atoms with Crippen molar-refractivity contribution in [3.63, 3.8) is 0 Å². The Morgan fingerprint density at radius 3 is 2.33 bits per heavy atom. The average Bonchev–Trinajstić information content (AvgIpc) is 2.73. The second kappa shape index (κ2) is 3.74. The molecule has 2 aromatic rings. The Bertz CT molecular complexity index is 753. The van der Waals surface area contributed by atoms with Crippen LogP contribution in [0.2, 0.25) is 0 Å². The Hall–Kier alpha value is -2.01. The van der Waals surface area contributed by atoms with Crippen molar-refractivity contribution in [3.8, 4) is 0 Å². The number of carbonyl (C=O) groups is 2. The molecule has 0 fully saturated rings. The molecular formula is C13H10N2O2S. The first-order valence-electron chi connectivity index (χ1n) is 5.46. The van der Waals surface area contributed by atoms with Gasteiger partial charge in [-0.3, -0.25) is 14.6 Å². The monoisotopic (exact) mass is 258 g/mol. The first kappa shape index (κ1) is 11.1. The topological polar surface area (TPSA) is 51.4 Å². The summed E-state index contributed by atoms with van der Waals surface area (Å²) in [4.78, 5) is 30.0. The number of ketones is 2. The Labute approximate surface area is 107 Å². The van der Waals surface area contributed by atoms with E-state index in [0.717, 1.165) is 0 Å². The van der Waals surface area contributed by atoms with Gasteiger partial charge in [0.25, 0.3) is 0 Å². The SMILES string of the molecule is C/N=c1\sc2c(n1C)C(=O)c1ccccc1C2=O. The third kappa shape index (κ3) is 1.28. The van der Waals surface area contributed by atoms with Crippen molar-refractivity contribution < 1.29 is 9.59 Å². The van der Waals surface area contributed by atoms with Crippen LogP contribution in [0.15, 0.2) is 29.3 Å². The number of aromatic nitrogens is 1. The summed E-state index contributed by atoms with van der Waals surface area (Å²) in [6.45, 7) is 0. The Morgan fingerprint density at radius 2 is 1.72 bits per heavy atom. The molecule has 18 heavy (non-hydrogen) atoms. The van der Waals surface area contributed by atoms with Gasteiger partial charge in [0.1, 0.15) is 10.6 Å². The smallest absolute Gasteiger partial charge is 0.211 e. The minimum Gasteiger partial charge on any atom is -0.316 e. The summed E-state index contributed by atoms with van der Waals surface area (Å²) in [5, 5.41) is 0. The summed E-state index contributed by atoms with van der Waals surface area (Å²) in [7, 11) is 3.41. The normalized spacial score (nSPS) is 14.7. The Morgan fingerprint density at radius 1 is 1.11 bits per heavy atom. The summed E-state index contributed by atoms with van der Waals surface area (Å²) in [6, 6.07) is 6.93. The van der Waals surface area contributed by atoms with E-state index in [-0.39, 0.29) is 11.6 Å². The fourth-order valence-corrected chi connectivity index (χ4v) is 3.22. The highest BCUT2D eigenvalue weighted by Gasteiger charge is 2.33. The second-order valence-electron chi connectivity index (χ2n) is 4.05. The van der Waals surface area contributed by atoms with Crippen LogP contribution in [-0.2, 0) is 7.05 Å². The van der Waals surface area contributed by atoms with Crippen molar-refractivity contribution in [1.82, 2.24) is 4.57 Å². The maximum absolute atomic E-state index is 12.4. The van der Waals surface area contributed by atoms with Gasteiger partial charge in [0.2, 0.25) is 11.6 Å². The van der Waals surface area contributed by atoms with Crippen LogP contribution in [0.1, 0.15) is 31.3 Å². The molecule has 0 unspecified atom stereocenters. The lowest BCUT2D eigenvalue weighted by Crippen LogP contribution is -2.23. The zero-order valence-electron chi connectivity index (χ0n) is 9.93. The van der Waals surface area contributed by atoms with E-state index in [2.05, 4.69) is 4.99 Å². The van der Waals surface area contributed by atoms with Crippen LogP contribution in [0.3, 0.4) is 0 Å². The van der Waals surface area contributed by atoms with Crippen LogP contribution in [-0.4, -0.2) is 23.2 Å². The zero-order chi connectivity index (χ0) is 12.9. The van der Waals surface area contributed by atoms with E-state index in [4.69, 9.17) is 0 Å². The predicted octanol–water partition coefficient (Wildman–Crippen LogP) is 1.39. The number of hydrogen-bond acceptors (Lipinski definition) is 4. The van der Waals surface area contributed by atoms with Crippen molar-refractivity contribution >= 4 is 22.9 Å². The molecule has 0 saturated heterocycles. The van der Waals surface area contributed by atoms with E-state index in [1.165, 1.54) is 11.3 Å². The van der Waals surface area contributed by atoms with Gasteiger partial charge in [-0.05, 0) is 0 Å². The Balaban J connectivity index is 2.40. The Kier molecular flexibility index (Phi) is 2.31. The molecule has 5 heteroatoms. The summed E-state index contributed by atoms with van der Waals surface area (Å²) in [5.41, 5.74) is 1.41. The largest absolute Gasteiger partial charge is 0.316 e. The number of fused-ring (bicyclic) bond motifs is 2. The molecule has 0 aliphatic heterocycles. The quantitative estimate of drug-likeness (QED) is 0.612. The summed E-state index contributed by atoms with van der Waals surface area (Å²) in [6.07, 6.45) is 0. The number of benzene rings is 1. The molecule has 0 atom stereocenters. The van der Waals surface area contributed by atoms with Crippen molar-refractivity contribution in [2.24, 2.45) is 12.0 Å². The molecule has 0 saturated carbocycles. The van der Waals surface area contributed by atoms with E-state index < -0.39 is 0 Å². The van der Waals surface area contributed by atoms with Gasteiger partial charge in [-0.2, -0.15) is 0 Å². The summed E-state index contributed by atoms with van der Waals surface area (Å²) < 4.78 is 1.69. The first-order chi connectivity index (χ1) is 8.65. The lowest BCUT2D eigenvalue weighted by Gasteiger charge is -2.14. The van der Waals surface area contributed by atoms with E-state index in [9.17, 15) is 9.59 Å². The molecule has 90 valence electrons. The highest BCUT2D eigenvalue weighted by atomic mass is 32.1. The van der Waals surface area contributed by atoms with Crippen LogP contribution < -0.4 is 4.80 Å². The van der Waals surface area contributed by atoms with Gasteiger partial charge in [-0.25, -0.2) is 0 Å².